The Labute approximate surface area is 64.4 Å². The Morgan fingerprint density at radius 2 is 2.10 bits per heavy atom. The first kappa shape index (κ1) is 7.61. The summed E-state index contributed by atoms with van der Waals surface area (Å²) in [5.41, 5.74) is 1.01. The molecule has 0 radical (unpaired) electrons. The number of aryl methyl sites for hydroxylation is 1. The van der Waals surface area contributed by atoms with E-state index in [2.05, 4.69) is 0 Å². The van der Waals surface area contributed by atoms with Crippen molar-refractivity contribution in [1.29, 1.82) is 0 Å². The highest BCUT2D eigenvalue weighted by molar-refractivity contribution is 7.98. The van der Waals surface area contributed by atoms with E-state index >= 15 is 0 Å². The summed E-state index contributed by atoms with van der Waals surface area (Å²) in [6.45, 7) is 1.91. The minimum Gasteiger partial charge on any atom is -0.206 e. The highest BCUT2D eigenvalue weighted by atomic mass is 32.2. The van der Waals surface area contributed by atoms with Crippen LogP contribution in [0, 0.1) is 12.7 Å². The first-order valence-corrected chi connectivity index (χ1v) is 4.27. The molecule has 2 heteroatoms. The Hall–Kier alpha value is -0.500. The second-order valence-electron chi connectivity index (χ2n) is 2.09. The largest absolute Gasteiger partial charge is 0.206 e. The van der Waals surface area contributed by atoms with Crippen molar-refractivity contribution in [3.8, 4) is 0 Å². The van der Waals surface area contributed by atoms with Crippen LogP contribution in [0.4, 0.5) is 4.39 Å². The normalized spacial score (nSPS) is 9.90. The molecule has 0 aliphatic rings. The number of hydrogen-bond acceptors (Lipinski definition) is 1. The van der Waals surface area contributed by atoms with Crippen LogP contribution in [-0.4, -0.2) is 6.26 Å². The summed E-state index contributed by atoms with van der Waals surface area (Å²) >= 11 is 1.45. The Morgan fingerprint density at radius 1 is 1.40 bits per heavy atom. The van der Waals surface area contributed by atoms with Crippen LogP contribution < -0.4 is 0 Å². The van der Waals surface area contributed by atoms with E-state index in [0.29, 0.717) is 0 Å². The molecule has 0 unspecified atom stereocenters. The smallest absolute Gasteiger partial charge is 0.137 e. The lowest BCUT2D eigenvalue weighted by molar-refractivity contribution is 0.599. The lowest BCUT2D eigenvalue weighted by Crippen LogP contribution is -1.83. The Balaban J connectivity index is 3.17. The molecule has 0 saturated heterocycles. The molecule has 0 aromatic heterocycles. The zero-order valence-electron chi connectivity index (χ0n) is 6.02. The molecule has 0 amide bonds. The topological polar surface area (TPSA) is 0 Å². The summed E-state index contributed by atoms with van der Waals surface area (Å²) in [4.78, 5) is 0.752. The van der Waals surface area contributed by atoms with Crippen molar-refractivity contribution in [2.45, 2.75) is 11.8 Å². The van der Waals surface area contributed by atoms with Gasteiger partial charge in [-0.2, -0.15) is 0 Å². The van der Waals surface area contributed by atoms with Gasteiger partial charge in [0.05, 0.1) is 0 Å². The minimum absolute atomic E-state index is 0.118. The van der Waals surface area contributed by atoms with Crippen molar-refractivity contribution >= 4 is 11.8 Å². The van der Waals surface area contributed by atoms with Gasteiger partial charge < -0.3 is 0 Å². The number of thioether (sulfide) groups is 1. The fraction of sp³-hybridized carbons (Fsp3) is 0.250. The lowest BCUT2D eigenvalue weighted by Gasteiger charge is -2.01. The summed E-state index contributed by atoms with van der Waals surface area (Å²) in [5, 5.41) is 0. The summed E-state index contributed by atoms with van der Waals surface area (Å²) in [6.07, 6.45) is 1.88. The lowest BCUT2D eigenvalue weighted by atomic mass is 10.2. The van der Waals surface area contributed by atoms with Gasteiger partial charge in [0.25, 0.3) is 0 Å². The van der Waals surface area contributed by atoms with Crippen molar-refractivity contribution in [2.24, 2.45) is 0 Å². The van der Waals surface area contributed by atoms with Gasteiger partial charge in [-0.3, -0.25) is 0 Å². The van der Waals surface area contributed by atoms with Gasteiger partial charge in [0.15, 0.2) is 0 Å². The third-order valence-electron chi connectivity index (χ3n) is 1.37. The zero-order chi connectivity index (χ0) is 7.56. The SMILES string of the molecule is CSc1c(C)cccc1F. The summed E-state index contributed by atoms with van der Waals surface area (Å²) in [5.74, 6) is -0.118. The van der Waals surface area contributed by atoms with Crippen LogP contribution in [0.1, 0.15) is 5.56 Å². The highest BCUT2D eigenvalue weighted by Gasteiger charge is 2.01. The van der Waals surface area contributed by atoms with Crippen molar-refractivity contribution in [3.63, 3.8) is 0 Å². The van der Waals surface area contributed by atoms with Gasteiger partial charge >= 0.3 is 0 Å². The molecular weight excluding hydrogens is 147 g/mol. The molecule has 54 valence electrons. The molecule has 10 heavy (non-hydrogen) atoms. The van der Waals surface area contributed by atoms with Crippen LogP contribution in [0.2, 0.25) is 0 Å². The summed E-state index contributed by atoms with van der Waals surface area (Å²) in [6, 6.07) is 5.12. The van der Waals surface area contributed by atoms with Gasteiger partial charge in [-0.15, -0.1) is 11.8 Å². The summed E-state index contributed by atoms with van der Waals surface area (Å²) < 4.78 is 12.8. The predicted octanol–water partition coefficient (Wildman–Crippen LogP) is 2.86. The summed E-state index contributed by atoms with van der Waals surface area (Å²) in [7, 11) is 0. The van der Waals surface area contributed by atoms with Crippen molar-refractivity contribution in [1.82, 2.24) is 0 Å². The van der Waals surface area contributed by atoms with E-state index < -0.39 is 0 Å². The standard InChI is InChI=1S/C8H9FS/c1-6-4-3-5-7(9)8(6)10-2/h3-5H,1-2H3. The van der Waals surface area contributed by atoms with E-state index in [4.69, 9.17) is 0 Å². The van der Waals surface area contributed by atoms with E-state index in [1.165, 1.54) is 17.8 Å². The molecule has 0 spiro atoms. The molecule has 0 bridgehead atoms. The maximum atomic E-state index is 12.8. The van der Waals surface area contributed by atoms with E-state index in [-0.39, 0.29) is 5.82 Å². The average Bonchev–Trinajstić information content (AvgIpc) is 1.88. The van der Waals surface area contributed by atoms with E-state index in [9.17, 15) is 4.39 Å². The van der Waals surface area contributed by atoms with Crippen LogP contribution in [0.5, 0.6) is 0 Å². The van der Waals surface area contributed by atoms with Gasteiger partial charge in [0, 0.05) is 4.90 Å². The van der Waals surface area contributed by atoms with Crippen LogP contribution in [0.3, 0.4) is 0 Å². The van der Waals surface area contributed by atoms with Crippen LogP contribution in [0.25, 0.3) is 0 Å². The first-order chi connectivity index (χ1) is 4.75. The third-order valence-corrected chi connectivity index (χ3v) is 2.29. The molecule has 0 saturated carbocycles. The molecule has 0 heterocycles. The Morgan fingerprint density at radius 3 is 2.50 bits per heavy atom. The van der Waals surface area contributed by atoms with Crippen molar-refractivity contribution in [2.75, 3.05) is 6.26 Å². The molecule has 0 aliphatic heterocycles. The fourth-order valence-electron chi connectivity index (χ4n) is 0.875. The second kappa shape index (κ2) is 3.06. The van der Waals surface area contributed by atoms with Crippen LogP contribution >= 0.6 is 11.8 Å². The van der Waals surface area contributed by atoms with Crippen LogP contribution in [0.15, 0.2) is 23.1 Å². The maximum absolute atomic E-state index is 12.8. The molecule has 0 aliphatic carbocycles. The molecule has 1 rings (SSSR count). The molecule has 1 aromatic carbocycles. The molecule has 0 N–H and O–H groups in total. The van der Waals surface area contributed by atoms with Gasteiger partial charge in [-0.05, 0) is 24.8 Å². The second-order valence-corrected chi connectivity index (χ2v) is 2.91. The van der Waals surface area contributed by atoms with Crippen LogP contribution in [-0.2, 0) is 0 Å². The Kier molecular flexibility index (Phi) is 2.33. The van der Waals surface area contributed by atoms with Gasteiger partial charge in [0.2, 0.25) is 0 Å². The molecular formula is C8H9FS. The molecule has 0 nitrogen and oxygen atoms in total. The number of rotatable bonds is 1. The quantitative estimate of drug-likeness (QED) is 0.563. The number of benzene rings is 1. The van der Waals surface area contributed by atoms with Gasteiger partial charge in [-0.1, -0.05) is 12.1 Å². The molecule has 1 aromatic rings. The zero-order valence-corrected chi connectivity index (χ0v) is 6.83. The monoisotopic (exact) mass is 156 g/mol. The first-order valence-electron chi connectivity index (χ1n) is 3.05. The molecule has 0 atom stereocenters. The predicted molar refractivity (Wildman–Crippen MR) is 42.9 cm³/mol. The van der Waals surface area contributed by atoms with E-state index in [0.717, 1.165) is 10.5 Å². The minimum atomic E-state index is -0.118. The Bertz CT molecular complexity index is 212. The number of halogens is 1. The molecule has 0 fully saturated rings. The maximum Gasteiger partial charge on any atom is 0.137 e. The average molecular weight is 156 g/mol. The highest BCUT2D eigenvalue weighted by Crippen LogP contribution is 2.22. The third kappa shape index (κ3) is 1.32. The number of hydrogen-bond donors (Lipinski definition) is 0. The van der Waals surface area contributed by atoms with E-state index in [1.807, 2.05) is 19.2 Å². The fourth-order valence-corrected chi connectivity index (χ4v) is 1.53. The van der Waals surface area contributed by atoms with Crippen molar-refractivity contribution < 1.29 is 4.39 Å². The van der Waals surface area contributed by atoms with Gasteiger partial charge in [-0.25, -0.2) is 4.39 Å². The van der Waals surface area contributed by atoms with Gasteiger partial charge in [0.1, 0.15) is 5.82 Å². The van der Waals surface area contributed by atoms with E-state index in [1.54, 1.807) is 6.07 Å². The van der Waals surface area contributed by atoms with Crippen molar-refractivity contribution in [3.05, 3.63) is 29.6 Å².